The summed E-state index contributed by atoms with van der Waals surface area (Å²) in [5, 5.41) is 8.38. The molecule has 0 radical (unpaired) electrons. The molecular weight excluding hydrogens is 317 g/mol. The zero-order valence-electron chi connectivity index (χ0n) is 11.9. The zero-order chi connectivity index (χ0) is 16.2. The summed E-state index contributed by atoms with van der Waals surface area (Å²) in [6.07, 6.45) is -3.76. The Hall–Kier alpha value is -1.90. The molecule has 9 heteroatoms. The van der Waals surface area contributed by atoms with Gasteiger partial charge in [-0.3, -0.25) is 4.79 Å². The van der Waals surface area contributed by atoms with E-state index in [9.17, 15) is 18.0 Å². The Labute approximate surface area is 129 Å². The third kappa shape index (κ3) is 5.14. The lowest BCUT2D eigenvalue weighted by molar-refractivity contribution is -0.143. The van der Waals surface area contributed by atoms with E-state index < -0.39 is 12.7 Å². The minimum Gasteiger partial charge on any atom is -0.356 e. The summed E-state index contributed by atoms with van der Waals surface area (Å²) in [5.41, 5.74) is 0. The van der Waals surface area contributed by atoms with Gasteiger partial charge >= 0.3 is 6.18 Å². The molecule has 2 rings (SSSR count). The van der Waals surface area contributed by atoms with Crippen molar-refractivity contribution >= 4 is 17.2 Å². The van der Waals surface area contributed by atoms with Gasteiger partial charge in [-0.1, -0.05) is 6.07 Å². The van der Waals surface area contributed by atoms with Crippen molar-refractivity contribution in [2.24, 2.45) is 0 Å². The molecule has 0 saturated carbocycles. The highest BCUT2D eigenvalue weighted by atomic mass is 32.1. The normalized spacial score (nSPS) is 11.6. The molecule has 0 bridgehead atoms. The summed E-state index contributed by atoms with van der Waals surface area (Å²) in [5.74, 6) is 0.336. The molecule has 2 heterocycles. The van der Waals surface area contributed by atoms with Crippen molar-refractivity contribution in [3.8, 4) is 0 Å². The van der Waals surface area contributed by atoms with E-state index >= 15 is 0 Å². The van der Waals surface area contributed by atoms with Crippen LogP contribution in [0.25, 0.3) is 0 Å². The molecule has 2 aromatic rings. The van der Waals surface area contributed by atoms with Crippen LogP contribution in [0.5, 0.6) is 0 Å². The van der Waals surface area contributed by atoms with Crippen LogP contribution >= 0.6 is 11.3 Å². The second-order valence-electron chi connectivity index (χ2n) is 4.71. The van der Waals surface area contributed by atoms with Gasteiger partial charge in [0.25, 0.3) is 0 Å². The highest BCUT2D eigenvalue weighted by Crippen LogP contribution is 2.19. The predicted molar refractivity (Wildman–Crippen MR) is 75.6 cm³/mol. The van der Waals surface area contributed by atoms with Crippen LogP contribution in [0.15, 0.2) is 17.5 Å². The Bertz CT molecular complexity index is 622. The molecule has 1 N–H and O–H groups in total. The van der Waals surface area contributed by atoms with Gasteiger partial charge in [-0.25, -0.2) is 9.67 Å². The minimum absolute atomic E-state index is 0.201. The average molecular weight is 332 g/mol. The smallest absolute Gasteiger partial charge is 0.356 e. The molecule has 5 nitrogen and oxygen atoms in total. The Morgan fingerprint density at radius 2 is 2.23 bits per heavy atom. The molecule has 0 aliphatic rings. The lowest BCUT2D eigenvalue weighted by Gasteiger charge is -2.08. The SMILES string of the molecule is CC(=O)NCCc1nc(Cc2cccs2)nn1CC(F)(F)F. The first-order chi connectivity index (χ1) is 10.3. The first-order valence-electron chi connectivity index (χ1n) is 6.59. The molecule has 0 aromatic carbocycles. The first kappa shape index (κ1) is 16.5. The van der Waals surface area contributed by atoms with Crippen LogP contribution in [0, 0.1) is 0 Å². The van der Waals surface area contributed by atoms with Gasteiger partial charge in [-0.05, 0) is 11.4 Å². The molecule has 0 saturated heterocycles. The summed E-state index contributed by atoms with van der Waals surface area (Å²) in [7, 11) is 0. The number of hydrogen-bond donors (Lipinski definition) is 1. The monoisotopic (exact) mass is 332 g/mol. The topological polar surface area (TPSA) is 59.8 Å². The second-order valence-corrected chi connectivity index (χ2v) is 5.74. The number of hydrogen-bond acceptors (Lipinski definition) is 4. The fraction of sp³-hybridized carbons (Fsp3) is 0.462. The largest absolute Gasteiger partial charge is 0.408 e. The number of carbonyl (C=O) groups excluding carboxylic acids is 1. The fourth-order valence-electron chi connectivity index (χ4n) is 1.90. The molecule has 1 amide bonds. The van der Waals surface area contributed by atoms with E-state index in [2.05, 4.69) is 15.4 Å². The Morgan fingerprint density at radius 1 is 1.45 bits per heavy atom. The number of halogens is 3. The van der Waals surface area contributed by atoms with Crippen molar-refractivity contribution in [2.75, 3.05) is 6.54 Å². The van der Waals surface area contributed by atoms with Crippen molar-refractivity contribution < 1.29 is 18.0 Å². The quantitative estimate of drug-likeness (QED) is 0.882. The Kier molecular flexibility index (Phi) is 5.17. The van der Waals surface area contributed by atoms with Crippen LogP contribution in [0.4, 0.5) is 13.2 Å². The van der Waals surface area contributed by atoms with E-state index in [-0.39, 0.29) is 24.7 Å². The van der Waals surface area contributed by atoms with E-state index in [0.717, 1.165) is 9.56 Å². The first-order valence-corrected chi connectivity index (χ1v) is 7.47. The highest BCUT2D eigenvalue weighted by Gasteiger charge is 2.30. The van der Waals surface area contributed by atoms with Crippen LogP contribution in [-0.4, -0.2) is 33.4 Å². The number of nitrogens with zero attached hydrogens (tertiary/aromatic N) is 3. The van der Waals surface area contributed by atoms with Crippen LogP contribution in [0.1, 0.15) is 23.4 Å². The molecule has 2 aromatic heterocycles. The molecule has 0 unspecified atom stereocenters. The number of aromatic nitrogens is 3. The summed E-state index contributed by atoms with van der Waals surface area (Å²) in [6.45, 7) is 0.396. The zero-order valence-corrected chi connectivity index (χ0v) is 12.7. The maximum absolute atomic E-state index is 12.6. The highest BCUT2D eigenvalue weighted by molar-refractivity contribution is 7.09. The maximum atomic E-state index is 12.6. The van der Waals surface area contributed by atoms with E-state index in [1.165, 1.54) is 18.3 Å². The van der Waals surface area contributed by atoms with Gasteiger partial charge in [0.15, 0.2) is 5.82 Å². The van der Waals surface area contributed by atoms with Gasteiger partial charge in [0.2, 0.25) is 5.91 Å². The third-order valence-corrected chi connectivity index (χ3v) is 3.63. The van der Waals surface area contributed by atoms with Crippen molar-refractivity contribution in [3.63, 3.8) is 0 Å². The predicted octanol–water partition coefficient (Wildman–Crippen LogP) is 2.17. The Balaban J connectivity index is 2.12. The van der Waals surface area contributed by atoms with E-state index in [1.54, 1.807) is 0 Å². The molecular formula is C13H15F3N4OS. The standard InChI is InChI=1S/C13H15F3N4OS/c1-9(21)17-5-4-12-18-11(7-10-3-2-6-22-10)19-20(12)8-13(14,15)16/h2-3,6H,4-5,7-8H2,1H3,(H,17,21). The number of thiophene rings is 1. The lowest BCUT2D eigenvalue weighted by Crippen LogP contribution is -2.25. The van der Waals surface area contributed by atoms with Crippen molar-refractivity contribution in [3.05, 3.63) is 34.0 Å². The summed E-state index contributed by atoms with van der Waals surface area (Å²) in [4.78, 5) is 16.0. The van der Waals surface area contributed by atoms with Crippen molar-refractivity contribution in [1.82, 2.24) is 20.1 Å². The second kappa shape index (κ2) is 6.91. The third-order valence-electron chi connectivity index (χ3n) is 2.76. The molecule has 22 heavy (non-hydrogen) atoms. The van der Waals surface area contributed by atoms with Crippen LogP contribution < -0.4 is 5.32 Å². The molecule has 0 aliphatic heterocycles. The number of rotatable bonds is 6. The molecule has 0 fully saturated rings. The van der Waals surface area contributed by atoms with Crippen LogP contribution in [0.3, 0.4) is 0 Å². The molecule has 0 spiro atoms. The maximum Gasteiger partial charge on any atom is 0.408 e. The van der Waals surface area contributed by atoms with E-state index in [0.29, 0.717) is 12.2 Å². The van der Waals surface area contributed by atoms with E-state index in [4.69, 9.17) is 0 Å². The van der Waals surface area contributed by atoms with Crippen LogP contribution in [0.2, 0.25) is 0 Å². The fourth-order valence-corrected chi connectivity index (χ4v) is 2.60. The Morgan fingerprint density at radius 3 is 2.82 bits per heavy atom. The van der Waals surface area contributed by atoms with Gasteiger partial charge in [-0.2, -0.15) is 18.3 Å². The molecule has 120 valence electrons. The van der Waals surface area contributed by atoms with Gasteiger partial charge < -0.3 is 5.32 Å². The number of carbonyl (C=O) groups is 1. The summed E-state index contributed by atoms with van der Waals surface area (Å²) < 4.78 is 38.7. The van der Waals surface area contributed by atoms with Gasteiger partial charge in [0.1, 0.15) is 12.4 Å². The minimum atomic E-state index is -4.36. The van der Waals surface area contributed by atoms with Crippen LogP contribution in [-0.2, 0) is 24.2 Å². The number of amides is 1. The van der Waals surface area contributed by atoms with Gasteiger partial charge in [0, 0.05) is 31.2 Å². The van der Waals surface area contributed by atoms with Gasteiger partial charge in [-0.15, -0.1) is 11.3 Å². The van der Waals surface area contributed by atoms with Crippen molar-refractivity contribution in [2.45, 2.75) is 32.5 Å². The number of nitrogens with one attached hydrogen (secondary N) is 1. The number of alkyl halides is 3. The molecule has 0 aliphatic carbocycles. The van der Waals surface area contributed by atoms with Gasteiger partial charge in [0.05, 0.1) is 0 Å². The lowest BCUT2D eigenvalue weighted by atomic mass is 10.3. The summed E-state index contributed by atoms with van der Waals surface area (Å²) >= 11 is 1.50. The average Bonchev–Trinajstić information content (AvgIpc) is 2.98. The molecule has 0 atom stereocenters. The van der Waals surface area contributed by atoms with E-state index in [1.807, 2.05) is 17.5 Å². The summed E-state index contributed by atoms with van der Waals surface area (Å²) in [6, 6.07) is 3.75. The van der Waals surface area contributed by atoms with Crippen molar-refractivity contribution in [1.29, 1.82) is 0 Å².